The van der Waals surface area contributed by atoms with Gasteiger partial charge in [-0.25, -0.2) is 12.8 Å². The molecule has 0 aliphatic carbocycles. The number of amides is 1. The van der Waals surface area contributed by atoms with Crippen LogP contribution in [0, 0.1) is 5.82 Å². The first kappa shape index (κ1) is 20.3. The van der Waals surface area contributed by atoms with Crippen molar-refractivity contribution in [2.24, 2.45) is 0 Å². The standard InChI is InChI=1S/C24H22FNO3S/c25-21-13-11-19(12-14-21)23-10-5-15-26(23)24(27)20-7-4-6-18(16-20)17-30(28,29)22-8-2-1-3-9-22/h1-4,6-9,11-14,16,23H,5,10,15,17H2. The molecule has 1 aliphatic heterocycles. The van der Waals surface area contributed by atoms with Gasteiger partial charge in [-0.05, 0) is 60.4 Å². The fourth-order valence-corrected chi connectivity index (χ4v) is 5.29. The second kappa shape index (κ2) is 8.40. The Morgan fingerprint density at radius 1 is 0.967 bits per heavy atom. The van der Waals surface area contributed by atoms with Crippen molar-refractivity contribution in [3.05, 3.63) is 101 Å². The predicted molar refractivity (Wildman–Crippen MR) is 113 cm³/mol. The Kier molecular flexibility index (Phi) is 5.68. The van der Waals surface area contributed by atoms with E-state index in [9.17, 15) is 17.6 Å². The molecule has 0 spiro atoms. The van der Waals surface area contributed by atoms with E-state index in [0.717, 1.165) is 18.4 Å². The molecule has 0 radical (unpaired) electrons. The zero-order chi connectivity index (χ0) is 21.1. The molecule has 1 heterocycles. The highest BCUT2D eigenvalue weighted by molar-refractivity contribution is 7.90. The van der Waals surface area contributed by atoms with Crippen molar-refractivity contribution in [1.82, 2.24) is 4.90 Å². The van der Waals surface area contributed by atoms with Gasteiger partial charge in [-0.3, -0.25) is 4.79 Å². The quantitative estimate of drug-likeness (QED) is 0.594. The van der Waals surface area contributed by atoms with Crippen molar-refractivity contribution in [3.8, 4) is 0 Å². The van der Waals surface area contributed by atoms with E-state index in [4.69, 9.17) is 0 Å². The number of rotatable bonds is 5. The molecule has 1 saturated heterocycles. The van der Waals surface area contributed by atoms with Crippen LogP contribution in [0.2, 0.25) is 0 Å². The van der Waals surface area contributed by atoms with Crippen molar-refractivity contribution in [2.45, 2.75) is 29.5 Å². The van der Waals surface area contributed by atoms with Gasteiger partial charge in [0.25, 0.3) is 5.91 Å². The van der Waals surface area contributed by atoms with Gasteiger partial charge in [-0.1, -0.05) is 42.5 Å². The van der Waals surface area contributed by atoms with Gasteiger partial charge in [0.15, 0.2) is 9.84 Å². The predicted octanol–water partition coefficient (Wildman–Crippen LogP) is 4.78. The summed E-state index contributed by atoms with van der Waals surface area (Å²) in [4.78, 5) is 15.2. The summed E-state index contributed by atoms with van der Waals surface area (Å²) in [7, 11) is -3.49. The summed E-state index contributed by atoms with van der Waals surface area (Å²) in [6, 6.07) is 21.2. The average Bonchev–Trinajstić information content (AvgIpc) is 3.24. The molecule has 0 bridgehead atoms. The number of nitrogens with zero attached hydrogens (tertiary/aromatic N) is 1. The Morgan fingerprint density at radius 3 is 2.43 bits per heavy atom. The molecule has 3 aromatic rings. The Morgan fingerprint density at radius 2 is 1.70 bits per heavy atom. The molecule has 4 rings (SSSR count). The van der Waals surface area contributed by atoms with E-state index in [-0.39, 0.29) is 28.4 Å². The topological polar surface area (TPSA) is 54.5 Å². The third-order valence-electron chi connectivity index (χ3n) is 5.40. The van der Waals surface area contributed by atoms with Crippen molar-refractivity contribution in [2.75, 3.05) is 6.54 Å². The number of hydrogen-bond acceptors (Lipinski definition) is 3. The number of benzene rings is 3. The summed E-state index contributed by atoms with van der Waals surface area (Å²) in [5.74, 6) is -0.609. The third kappa shape index (κ3) is 4.28. The van der Waals surface area contributed by atoms with Gasteiger partial charge >= 0.3 is 0 Å². The van der Waals surface area contributed by atoms with E-state index in [1.165, 1.54) is 12.1 Å². The molecule has 154 valence electrons. The summed E-state index contributed by atoms with van der Waals surface area (Å²) in [5.41, 5.74) is 1.94. The average molecular weight is 424 g/mol. The van der Waals surface area contributed by atoms with Crippen LogP contribution in [-0.4, -0.2) is 25.8 Å². The molecular weight excluding hydrogens is 401 g/mol. The third-order valence-corrected chi connectivity index (χ3v) is 7.11. The highest BCUT2D eigenvalue weighted by Gasteiger charge is 2.30. The summed E-state index contributed by atoms with van der Waals surface area (Å²) in [5, 5.41) is 0. The summed E-state index contributed by atoms with van der Waals surface area (Å²) in [6.07, 6.45) is 1.69. The van der Waals surface area contributed by atoms with Gasteiger partial charge in [0.1, 0.15) is 5.82 Å². The minimum Gasteiger partial charge on any atom is -0.332 e. The lowest BCUT2D eigenvalue weighted by Crippen LogP contribution is -2.30. The van der Waals surface area contributed by atoms with Crippen LogP contribution < -0.4 is 0 Å². The fraction of sp³-hybridized carbons (Fsp3) is 0.208. The maximum atomic E-state index is 13.3. The zero-order valence-corrected chi connectivity index (χ0v) is 17.2. The minimum atomic E-state index is -3.49. The number of halogens is 1. The summed E-state index contributed by atoms with van der Waals surface area (Å²) >= 11 is 0. The molecule has 0 aromatic heterocycles. The van der Waals surface area contributed by atoms with E-state index in [1.54, 1.807) is 71.6 Å². The number of hydrogen-bond donors (Lipinski definition) is 0. The van der Waals surface area contributed by atoms with Crippen LogP contribution in [0.5, 0.6) is 0 Å². The van der Waals surface area contributed by atoms with Crippen LogP contribution in [0.4, 0.5) is 4.39 Å². The van der Waals surface area contributed by atoms with E-state index >= 15 is 0 Å². The van der Waals surface area contributed by atoms with Crippen molar-refractivity contribution in [1.29, 1.82) is 0 Å². The molecule has 3 aromatic carbocycles. The van der Waals surface area contributed by atoms with Crippen molar-refractivity contribution >= 4 is 15.7 Å². The lowest BCUT2D eigenvalue weighted by molar-refractivity contribution is 0.0735. The summed E-state index contributed by atoms with van der Waals surface area (Å²) < 4.78 is 38.6. The molecule has 1 amide bonds. The maximum absolute atomic E-state index is 13.3. The number of likely N-dealkylation sites (tertiary alicyclic amines) is 1. The van der Waals surface area contributed by atoms with Crippen LogP contribution in [0.25, 0.3) is 0 Å². The molecule has 0 N–H and O–H groups in total. The molecule has 1 atom stereocenters. The van der Waals surface area contributed by atoms with Gasteiger partial charge in [0.05, 0.1) is 16.7 Å². The van der Waals surface area contributed by atoms with Gasteiger partial charge in [-0.2, -0.15) is 0 Å². The monoisotopic (exact) mass is 423 g/mol. The Bertz CT molecular complexity index is 1140. The number of carbonyl (C=O) groups is 1. The van der Waals surface area contributed by atoms with E-state index in [1.807, 2.05) is 0 Å². The molecule has 1 aliphatic rings. The van der Waals surface area contributed by atoms with E-state index in [2.05, 4.69) is 0 Å². The summed E-state index contributed by atoms with van der Waals surface area (Å²) in [6.45, 7) is 0.618. The smallest absolute Gasteiger partial charge is 0.254 e. The maximum Gasteiger partial charge on any atom is 0.254 e. The molecule has 1 fully saturated rings. The van der Waals surface area contributed by atoms with Crippen molar-refractivity contribution < 1.29 is 17.6 Å². The Labute approximate surface area is 175 Å². The second-order valence-corrected chi connectivity index (χ2v) is 9.47. The molecule has 4 nitrogen and oxygen atoms in total. The zero-order valence-electron chi connectivity index (χ0n) is 16.4. The van der Waals surface area contributed by atoms with E-state index in [0.29, 0.717) is 17.7 Å². The van der Waals surface area contributed by atoms with Crippen LogP contribution in [0.3, 0.4) is 0 Å². The van der Waals surface area contributed by atoms with Crippen LogP contribution in [0.1, 0.15) is 40.4 Å². The van der Waals surface area contributed by atoms with Crippen LogP contribution in [-0.2, 0) is 15.6 Å². The first-order valence-corrected chi connectivity index (χ1v) is 11.5. The Hall–Kier alpha value is -2.99. The highest BCUT2D eigenvalue weighted by atomic mass is 32.2. The number of sulfone groups is 1. The van der Waals surface area contributed by atoms with Gasteiger partial charge in [0, 0.05) is 12.1 Å². The van der Waals surface area contributed by atoms with E-state index < -0.39 is 9.84 Å². The second-order valence-electron chi connectivity index (χ2n) is 7.48. The SMILES string of the molecule is O=C(c1cccc(CS(=O)(=O)c2ccccc2)c1)N1CCCC1c1ccc(F)cc1. The molecule has 0 saturated carbocycles. The Balaban J connectivity index is 1.56. The van der Waals surface area contributed by atoms with Gasteiger partial charge in [-0.15, -0.1) is 0 Å². The first-order chi connectivity index (χ1) is 14.4. The molecule has 6 heteroatoms. The molecule has 30 heavy (non-hydrogen) atoms. The number of carbonyl (C=O) groups excluding carboxylic acids is 1. The highest BCUT2D eigenvalue weighted by Crippen LogP contribution is 2.33. The van der Waals surface area contributed by atoms with Crippen molar-refractivity contribution in [3.63, 3.8) is 0 Å². The van der Waals surface area contributed by atoms with Crippen LogP contribution >= 0.6 is 0 Å². The van der Waals surface area contributed by atoms with Crippen LogP contribution in [0.15, 0.2) is 83.8 Å². The lowest BCUT2D eigenvalue weighted by atomic mass is 10.0. The van der Waals surface area contributed by atoms with Gasteiger partial charge in [0.2, 0.25) is 0 Å². The largest absolute Gasteiger partial charge is 0.332 e. The fourth-order valence-electron chi connectivity index (χ4n) is 3.93. The lowest BCUT2D eigenvalue weighted by Gasteiger charge is -2.25. The minimum absolute atomic E-state index is 0.102. The van der Waals surface area contributed by atoms with Gasteiger partial charge < -0.3 is 4.90 Å². The first-order valence-electron chi connectivity index (χ1n) is 9.87. The molecular formula is C24H22FNO3S. The molecule has 1 unspecified atom stereocenters. The normalized spacial score (nSPS) is 16.6.